The number of Topliss-reactive ketones (excluding diaryl/α,β-unsaturated/α-hetero) is 1. The molecule has 2 aliphatic rings. The number of hydrogen-bond acceptors (Lipinski definition) is 6. The fourth-order valence-electron chi connectivity index (χ4n) is 3.32. The van der Waals surface area contributed by atoms with Gasteiger partial charge in [-0.2, -0.15) is 0 Å². The third-order valence-electron chi connectivity index (χ3n) is 4.51. The highest BCUT2D eigenvalue weighted by Crippen LogP contribution is 2.41. The zero-order chi connectivity index (χ0) is 17.3. The van der Waals surface area contributed by atoms with E-state index in [1.807, 2.05) is 0 Å². The van der Waals surface area contributed by atoms with Gasteiger partial charge in [-0.15, -0.1) is 0 Å². The van der Waals surface area contributed by atoms with Gasteiger partial charge in [0, 0.05) is 24.3 Å². The molecule has 0 aromatic heterocycles. The molecule has 0 bridgehead atoms. The Bertz CT molecular complexity index is 680. The highest BCUT2D eigenvalue weighted by molar-refractivity contribution is 5.98. The topological polar surface area (TPSA) is 71.1 Å². The Balaban J connectivity index is 2.01. The molecule has 1 aromatic carbocycles. The molecule has 1 aliphatic heterocycles. The molecule has 6 heteroatoms. The zero-order valence-corrected chi connectivity index (χ0v) is 14.0. The van der Waals surface area contributed by atoms with Crippen LogP contribution in [0.3, 0.4) is 0 Å². The molecule has 1 saturated carbocycles. The summed E-state index contributed by atoms with van der Waals surface area (Å²) in [5.74, 6) is 1.15. The molecule has 0 spiro atoms. The summed E-state index contributed by atoms with van der Waals surface area (Å²) in [5, 5.41) is 0. The van der Waals surface area contributed by atoms with Crippen LogP contribution in [0.1, 0.15) is 24.8 Å². The number of methoxy groups -OCH3 is 3. The minimum atomic E-state index is -0.353. The third kappa shape index (κ3) is 2.84. The van der Waals surface area contributed by atoms with E-state index in [2.05, 4.69) is 0 Å². The number of carbonyl (C=O) groups excluding carboxylic acids is 2. The van der Waals surface area contributed by atoms with Crippen molar-refractivity contribution in [2.45, 2.75) is 25.4 Å². The van der Waals surface area contributed by atoms with E-state index in [9.17, 15) is 9.59 Å². The molecule has 1 heterocycles. The van der Waals surface area contributed by atoms with Gasteiger partial charge in [0.15, 0.2) is 11.5 Å². The summed E-state index contributed by atoms with van der Waals surface area (Å²) >= 11 is 0. The molecular weight excluding hydrogens is 312 g/mol. The quantitative estimate of drug-likeness (QED) is 0.623. The number of esters is 1. The average Bonchev–Trinajstić information content (AvgIpc) is 2.89. The predicted octanol–water partition coefficient (Wildman–Crippen LogP) is 2.39. The van der Waals surface area contributed by atoms with E-state index < -0.39 is 0 Å². The second-order valence-electron chi connectivity index (χ2n) is 5.89. The van der Waals surface area contributed by atoms with Crippen LogP contribution in [-0.2, 0) is 14.3 Å². The molecule has 0 amide bonds. The summed E-state index contributed by atoms with van der Waals surface area (Å²) < 4.78 is 21.4. The average molecular weight is 332 g/mol. The van der Waals surface area contributed by atoms with E-state index in [1.54, 1.807) is 18.2 Å². The molecule has 0 unspecified atom stereocenters. The van der Waals surface area contributed by atoms with Crippen molar-refractivity contribution in [3.8, 4) is 17.2 Å². The number of hydrogen-bond donors (Lipinski definition) is 0. The number of carbonyl (C=O) groups is 2. The fraction of sp³-hybridized carbons (Fsp3) is 0.444. The Labute approximate surface area is 140 Å². The molecule has 24 heavy (non-hydrogen) atoms. The molecule has 1 aromatic rings. The minimum Gasteiger partial charge on any atom is -0.493 e. The van der Waals surface area contributed by atoms with Gasteiger partial charge in [-0.3, -0.25) is 4.79 Å². The van der Waals surface area contributed by atoms with Crippen LogP contribution in [0.2, 0.25) is 0 Å². The van der Waals surface area contributed by atoms with E-state index >= 15 is 0 Å². The molecule has 6 nitrogen and oxygen atoms in total. The summed E-state index contributed by atoms with van der Waals surface area (Å²) in [6, 6.07) is 3.53. The van der Waals surface area contributed by atoms with Crippen LogP contribution in [0, 0.1) is 5.92 Å². The molecule has 1 saturated heterocycles. The van der Waals surface area contributed by atoms with Gasteiger partial charge in [0.25, 0.3) is 0 Å². The van der Waals surface area contributed by atoms with Crippen molar-refractivity contribution in [2.75, 3.05) is 21.3 Å². The standard InChI is InChI=1S/C18H20O6/c1-21-15-7-10(8-16(22-2)17(15)23-3)6-13-12-9-11(19)4-5-14(12)24-18(13)20/h6-8,12,14H,4-5,9H2,1-3H3/b13-6-/t12-,14-/m1/s1. The van der Waals surface area contributed by atoms with Crippen molar-refractivity contribution in [3.05, 3.63) is 23.3 Å². The monoisotopic (exact) mass is 332 g/mol. The number of ketones is 1. The first kappa shape index (κ1) is 16.4. The maximum absolute atomic E-state index is 12.2. The van der Waals surface area contributed by atoms with Gasteiger partial charge in [-0.05, 0) is 30.2 Å². The SMILES string of the molecule is COc1cc(/C=C2\C(=O)O[C@@H]3CCC(=O)C[C@H]23)cc(OC)c1OC. The van der Waals surface area contributed by atoms with E-state index in [4.69, 9.17) is 18.9 Å². The number of fused-ring (bicyclic) bond motifs is 1. The van der Waals surface area contributed by atoms with Crippen LogP contribution >= 0.6 is 0 Å². The Morgan fingerprint density at radius 2 is 1.75 bits per heavy atom. The first-order valence-electron chi connectivity index (χ1n) is 7.81. The lowest BCUT2D eigenvalue weighted by Crippen LogP contribution is -2.26. The van der Waals surface area contributed by atoms with Crippen molar-refractivity contribution < 1.29 is 28.5 Å². The van der Waals surface area contributed by atoms with Crippen molar-refractivity contribution >= 4 is 17.8 Å². The van der Waals surface area contributed by atoms with E-state index in [0.717, 1.165) is 5.56 Å². The normalized spacial score (nSPS) is 24.5. The molecule has 128 valence electrons. The summed E-state index contributed by atoms with van der Waals surface area (Å²) in [7, 11) is 4.60. The lowest BCUT2D eigenvalue weighted by molar-refractivity contribution is -0.141. The van der Waals surface area contributed by atoms with Crippen molar-refractivity contribution in [1.82, 2.24) is 0 Å². The largest absolute Gasteiger partial charge is 0.493 e. The Kier molecular flexibility index (Phi) is 4.46. The number of rotatable bonds is 4. The van der Waals surface area contributed by atoms with Crippen LogP contribution in [0.5, 0.6) is 17.2 Å². The van der Waals surface area contributed by atoms with Crippen molar-refractivity contribution in [2.24, 2.45) is 5.92 Å². The smallest absolute Gasteiger partial charge is 0.334 e. The van der Waals surface area contributed by atoms with Gasteiger partial charge in [-0.25, -0.2) is 4.79 Å². The van der Waals surface area contributed by atoms with E-state index in [-0.39, 0.29) is 23.8 Å². The fourth-order valence-corrected chi connectivity index (χ4v) is 3.32. The minimum absolute atomic E-state index is 0.169. The van der Waals surface area contributed by atoms with Crippen molar-refractivity contribution in [3.63, 3.8) is 0 Å². The molecular formula is C18H20O6. The maximum atomic E-state index is 12.2. The Hall–Kier alpha value is -2.50. The van der Waals surface area contributed by atoms with Crippen molar-refractivity contribution in [1.29, 1.82) is 0 Å². The second kappa shape index (κ2) is 6.55. The number of benzene rings is 1. The lowest BCUT2D eigenvalue weighted by atomic mass is 9.82. The summed E-state index contributed by atoms with van der Waals surface area (Å²) in [5.41, 5.74) is 1.26. The third-order valence-corrected chi connectivity index (χ3v) is 4.51. The molecule has 0 radical (unpaired) electrons. The van der Waals surface area contributed by atoms with Gasteiger partial charge in [0.1, 0.15) is 11.9 Å². The van der Waals surface area contributed by atoms with E-state index in [0.29, 0.717) is 42.1 Å². The zero-order valence-electron chi connectivity index (χ0n) is 14.0. The molecule has 2 atom stereocenters. The summed E-state index contributed by atoms with van der Waals surface area (Å²) in [6.45, 7) is 0. The first-order chi connectivity index (χ1) is 11.6. The molecule has 2 fully saturated rings. The van der Waals surface area contributed by atoms with Gasteiger partial charge < -0.3 is 18.9 Å². The molecule has 0 N–H and O–H groups in total. The van der Waals surface area contributed by atoms with Crippen LogP contribution < -0.4 is 14.2 Å². The second-order valence-corrected chi connectivity index (χ2v) is 5.89. The highest BCUT2D eigenvalue weighted by atomic mass is 16.6. The van der Waals surface area contributed by atoms with Gasteiger partial charge >= 0.3 is 5.97 Å². The molecule has 3 rings (SSSR count). The highest BCUT2D eigenvalue weighted by Gasteiger charge is 2.43. The molecule has 1 aliphatic carbocycles. The van der Waals surface area contributed by atoms with Crippen LogP contribution in [0.15, 0.2) is 17.7 Å². The van der Waals surface area contributed by atoms with Gasteiger partial charge in [0.05, 0.1) is 21.3 Å². The Morgan fingerprint density at radius 3 is 2.33 bits per heavy atom. The van der Waals surface area contributed by atoms with Crippen LogP contribution in [0.25, 0.3) is 6.08 Å². The predicted molar refractivity (Wildman–Crippen MR) is 86.3 cm³/mol. The summed E-state index contributed by atoms with van der Waals surface area (Å²) in [6.07, 6.45) is 2.99. The summed E-state index contributed by atoms with van der Waals surface area (Å²) in [4.78, 5) is 23.9. The van der Waals surface area contributed by atoms with Gasteiger partial charge in [0.2, 0.25) is 5.75 Å². The van der Waals surface area contributed by atoms with Gasteiger partial charge in [-0.1, -0.05) is 0 Å². The number of ether oxygens (including phenoxy) is 4. The van der Waals surface area contributed by atoms with Crippen LogP contribution in [-0.4, -0.2) is 39.2 Å². The van der Waals surface area contributed by atoms with Crippen LogP contribution in [0.4, 0.5) is 0 Å². The Morgan fingerprint density at radius 1 is 1.08 bits per heavy atom. The first-order valence-corrected chi connectivity index (χ1v) is 7.81. The van der Waals surface area contributed by atoms with E-state index in [1.165, 1.54) is 21.3 Å². The maximum Gasteiger partial charge on any atom is 0.334 e. The lowest BCUT2D eigenvalue weighted by Gasteiger charge is -2.21.